The van der Waals surface area contributed by atoms with E-state index in [1.165, 1.54) is 32.2 Å². The molecular weight excluding hydrogens is 319 g/mol. The van der Waals surface area contributed by atoms with Gasteiger partial charge in [0.1, 0.15) is 0 Å². The van der Waals surface area contributed by atoms with Crippen molar-refractivity contribution in [3.05, 3.63) is 34.4 Å². The summed E-state index contributed by atoms with van der Waals surface area (Å²) in [6.45, 7) is 0.586. The van der Waals surface area contributed by atoms with E-state index in [0.29, 0.717) is 0 Å². The number of rotatable bonds is 6. The third-order valence-corrected chi connectivity index (χ3v) is 3.20. The summed E-state index contributed by atoms with van der Waals surface area (Å²) in [6, 6.07) is 4.18. The highest BCUT2D eigenvalue weighted by atomic mass is 19.4. The van der Waals surface area contributed by atoms with Gasteiger partial charge >= 0.3 is 6.18 Å². The summed E-state index contributed by atoms with van der Waals surface area (Å²) in [5.74, 6) is -0.651. The zero-order chi connectivity index (χ0) is 17.8. The number of hydrogen-bond acceptors (Lipinski definition) is 5. The molecule has 1 aromatic carbocycles. The van der Waals surface area contributed by atoms with Crippen LogP contribution in [-0.2, 0) is 4.79 Å². The van der Waals surface area contributed by atoms with E-state index in [1.54, 1.807) is 0 Å². The lowest BCUT2D eigenvalue weighted by atomic mass is 10.2. The summed E-state index contributed by atoms with van der Waals surface area (Å²) < 4.78 is 36.9. The van der Waals surface area contributed by atoms with E-state index in [1.807, 2.05) is 0 Å². The van der Waals surface area contributed by atoms with Crippen LogP contribution in [0.4, 0.5) is 24.5 Å². The summed E-state index contributed by atoms with van der Waals surface area (Å²) in [5, 5.41) is 22.0. The number of benzene rings is 1. The number of aliphatic hydroxyl groups is 1. The summed E-state index contributed by atoms with van der Waals surface area (Å²) >= 11 is 0. The maximum atomic E-state index is 12.3. The van der Waals surface area contributed by atoms with Gasteiger partial charge < -0.3 is 10.4 Å². The molecule has 0 aliphatic heterocycles. The molecule has 10 heteroatoms. The fourth-order valence-electron chi connectivity index (χ4n) is 1.68. The molecule has 0 aliphatic rings. The highest BCUT2D eigenvalue weighted by Gasteiger charge is 2.39. The molecule has 2 unspecified atom stereocenters. The van der Waals surface area contributed by atoms with E-state index in [0.717, 1.165) is 11.0 Å². The highest BCUT2D eigenvalue weighted by molar-refractivity contribution is 5.94. The Balaban J connectivity index is 2.70. The highest BCUT2D eigenvalue weighted by Crippen LogP contribution is 2.21. The number of anilines is 1. The Bertz CT molecular complexity index is 580. The second kappa shape index (κ2) is 7.38. The Hall–Kier alpha value is -2.20. The van der Waals surface area contributed by atoms with Gasteiger partial charge in [0, 0.05) is 24.4 Å². The van der Waals surface area contributed by atoms with Crippen LogP contribution in [0.3, 0.4) is 0 Å². The second-order valence-corrected chi connectivity index (χ2v) is 4.97. The summed E-state index contributed by atoms with van der Waals surface area (Å²) in [6.07, 6.45) is -7.34. The minimum absolute atomic E-state index is 0.154. The average molecular weight is 335 g/mol. The number of nitrogens with zero attached hydrogens (tertiary/aromatic N) is 2. The zero-order valence-electron chi connectivity index (χ0n) is 12.4. The van der Waals surface area contributed by atoms with Crippen molar-refractivity contribution in [3.8, 4) is 0 Å². The number of nitro groups is 1. The van der Waals surface area contributed by atoms with E-state index in [4.69, 9.17) is 5.11 Å². The molecule has 2 N–H and O–H groups in total. The van der Waals surface area contributed by atoms with Gasteiger partial charge in [0.15, 0.2) is 6.10 Å². The second-order valence-electron chi connectivity index (χ2n) is 4.97. The van der Waals surface area contributed by atoms with Gasteiger partial charge in [-0.1, -0.05) is 6.07 Å². The van der Waals surface area contributed by atoms with Crippen LogP contribution in [-0.4, -0.2) is 52.8 Å². The van der Waals surface area contributed by atoms with Crippen LogP contribution in [0.1, 0.15) is 6.92 Å². The van der Waals surface area contributed by atoms with Gasteiger partial charge in [-0.3, -0.25) is 19.8 Å². The molecule has 0 saturated heterocycles. The molecule has 1 amide bonds. The van der Waals surface area contributed by atoms with Crippen LogP contribution in [0.25, 0.3) is 0 Å². The van der Waals surface area contributed by atoms with Crippen molar-refractivity contribution in [1.29, 1.82) is 0 Å². The van der Waals surface area contributed by atoms with E-state index in [-0.39, 0.29) is 11.4 Å². The van der Waals surface area contributed by atoms with Crippen molar-refractivity contribution >= 4 is 17.3 Å². The fraction of sp³-hybridized carbons (Fsp3) is 0.462. The van der Waals surface area contributed by atoms with Crippen LogP contribution >= 0.6 is 0 Å². The van der Waals surface area contributed by atoms with Crippen LogP contribution < -0.4 is 5.32 Å². The number of likely N-dealkylation sites (N-methyl/N-ethyl adjacent to an activating group) is 1. The smallest absolute Gasteiger partial charge is 0.382 e. The van der Waals surface area contributed by atoms with Gasteiger partial charge in [-0.25, -0.2) is 0 Å². The molecule has 128 valence electrons. The first-order valence-corrected chi connectivity index (χ1v) is 6.52. The van der Waals surface area contributed by atoms with Crippen molar-refractivity contribution in [2.24, 2.45) is 0 Å². The molecule has 23 heavy (non-hydrogen) atoms. The van der Waals surface area contributed by atoms with Crippen molar-refractivity contribution in [3.63, 3.8) is 0 Å². The van der Waals surface area contributed by atoms with Crippen molar-refractivity contribution in [1.82, 2.24) is 4.90 Å². The van der Waals surface area contributed by atoms with E-state index < -0.39 is 35.7 Å². The average Bonchev–Trinajstić information content (AvgIpc) is 2.45. The maximum absolute atomic E-state index is 12.3. The Kier molecular flexibility index (Phi) is 6.05. The largest absolute Gasteiger partial charge is 0.415 e. The quantitative estimate of drug-likeness (QED) is 0.610. The molecular formula is C13H16F3N3O4. The van der Waals surface area contributed by atoms with Gasteiger partial charge in [0.25, 0.3) is 5.69 Å². The number of nitrogens with one attached hydrogen (secondary N) is 1. The molecule has 0 bridgehead atoms. The third-order valence-electron chi connectivity index (χ3n) is 3.20. The third kappa shape index (κ3) is 5.49. The number of amides is 1. The SMILES string of the molecule is CC(C(=O)Nc1cccc([N+](=O)[O-])c1)N(C)CC(O)C(F)(F)F. The summed E-state index contributed by atoms with van der Waals surface area (Å²) in [7, 11) is 1.26. The molecule has 0 radical (unpaired) electrons. The Morgan fingerprint density at radius 1 is 1.48 bits per heavy atom. The number of aliphatic hydroxyl groups excluding tert-OH is 1. The lowest BCUT2D eigenvalue weighted by Crippen LogP contribution is -2.46. The molecule has 0 aliphatic carbocycles. The molecule has 0 saturated carbocycles. The summed E-state index contributed by atoms with van der Waals surface area (Å²) in [4.78, 5) is 23.0. The number of halogens is 3. The van der Waals surface area contributed by atoms with Crippen LogP contribution in [0.2, 0.25) is 0 Å². The van der Waals surface area contributed by atoms with Gasteiger partial charge in [-0.15, -0.1) is 0 Å². The minimum Gasteiger partial charge on any atom is -0.382 e. The molecule has 0 spiro atoms. The van der Waals surface area contributed by atoms with Gasteiger partial charge in [-0.2, -0.15) is 13.2 Å². The number of carbonyl (C=O) groups is 1. The number of alkyl halides is 3. The number of non-ortho nitro benzene ring substituents is 1. The van der Waals surface area contributed by atoms with Crippen LogP contribution in [0.15, 0.2) is 24.3 Å². The van der Waals surface area contributed by atoms with Gasteiger partial charge in [0.2, 0.25) is 5.91 Å². The Labute approximate surface area is 129 Å². The Morgan fingerprint density at radius 2 is 2.09 bits per heavy atom. The van der Waals surface area contributed by atoms with Crippen molar-refractivity contribution in [2.75, 3.05) is 18.9 Å². The zero-order valence-corrected chi connectivity index (χ0v) is 12.4. The summed E-state index contributed by atoms with van der Waals surface area (Å²) in [5.41, 5.74) is -0.0721. The molecule has 0 fully saturated rings. The van der Waals surface area contributed by atoms with Crippen LogP contribution in [0.5, 0.6) is 0 Å². The van der Waals surface area contributed by atoms with Crippen molar-refractivity contribution in [2.45, 2.75) is 25.2 Å². The first-order chi connectivity index (χ1) is 10.5. The number of hydrogen-bond donors (Lipinski definition) is 2. The number of carbonyl (C=O) groups excluding carboxylic acids is 1. The standard InChI is InChI=1S/C13H16F3N3O4/c1-8(18(2)7-11(20)13(14,15)16)12(21)17-9-4-3-5-10(6-9)19(22)23/h3-6,8,11,20H,7H2,1-2H3,(H,17,21). The lowest BCUT2D eigenvalue weighted by Gasteiger charge is -2.27. The van der Waals surface area contributed by atoms with E-state index >= 15 is 0 Å². The normalized spacial score (nSPS) is 14.4. The van der Waals surface area contributed by atoms with Gasteiger partial charge in [0.05, 0.1) is 11.0 Å². The topological polar surface area (TPSA) is 95.7 Å². The Morgan fingerprint density at radius 3 is 2.61 bits per heavy atom. The fourth-order valence-corrected chi connectivity index (χ4v) is 1.68. The van der Waals surface area contributed by atoms with Gasteiger partial charge in [-0.05, 0) is 20.0 Å². The maximum Gasteiger partial charge on any atom is 0.415 e. The molecule has 7 nitrogen and oxygen atoms in total. The lowest BCUT2D eigenvalue weighted by molar-refractivity contribution is -0.384. The molecule has 0 heterocycles. The van der Waals surface area contributed by atoms with E-state index in [9.17, 15) is 28.1 Å². The monoisotopic (exact) mass is 335 g/mol. The molecule has 1 rings (SSSR count). The first-order valence-electron chi connectivity index (χ1n) is 6.52. The number of nitro benzene ring substituents is 1. The first kappa shape index (κ1) is 18.8. The van der Waals surface area contributed by atoms with Crippen LogP contribution in [0, 0.1) is 10.1 Å². The molecule has 0 aromatic heterocycles. The van der Waals surface area contributed by atoms with Crippen molar-refractivity contribution < 1.29 is 28.0 Å². The molecule has 1 aromatic rings. The molecule has 2 atom stereocenters. The minimum atomic E-state index is -4.77. The predicted molar refractivity (Wildman–Crippen MR) is 75.9 cm³/mol. The predicted octanol–water partition coefficient (Wildman–Crippen LogP) is 1.78. The van der Waals surface area contributed by atoms with E-state index in [2.05, 4.69) is 5.32 Å².